The highest BCUT2D eigenvalue weighted by atomic mass is 79.9. The minimum atomic E-state index is -3.78. The zero-order valence-electron chi connectivity index (χ0n) is 9.11. The highest BCUT2D eigenvalue weighted by Crippen LogP contribution is 2.31. The van der Waals surface area contributed by atoms with E-state index in [4.69, 9.17) is 5.11 Å². The summed E-state index contributed by atoms with van der Waals surface area (Å²) in [5.41, 5.74) is 0. The predicted molar refractivity (Wildman–Crippen MR) is 71.9 cm³/mol. The number of aliphatic carboxylic acids is 1. The van der Waals surface area contributed by atoms with E-state index in [1.807, 2.05) is 0 Å². The average Bonchev–Trinajstić information content (AvgIpc) is 2.78. The van der Waals surface area contributed by atoms with Crippen molar-refractivity contribution >= 4 is 43.7 Å². The summed E-state index contributed by atoms with van der Waals surface area (Å²) < 4.78 is 26.2. The highest BCUT2D eigenvalue weighted by Gasteiger charge is 2.40. The summed E-state index contributed by atoms with van der Waals surface area (Å²) in [6, 6.07) is 5.40. The summed E-state index contributed by atoms with van der Waals surface area (Å²) in [6.07, 6.45) is 0. The number of hydrogen-bond acceptors (Lipinski definition) is 4. The minimum absolute atomic E-state index is 0.0961. The summed E-state index contributed by atoms with van der Waals surface area (Å²) in [4.78, 5) is 11.1. The molecule has 1 unspecified atom stereocenters. The van der Waals surface area contributed by atoms with Crippen molar-refractivity contribution in [2.45, 2.75) is 10.9 Å². The maximum absolute atomic E-state index is 12.4. The van der Waals surface area contributed by atoms with Gasteiger partial charge in [-0.3, -0.25) is 4.79 Å². The SMILES string of the molecule is O=C(O)C1CSCN1S(=O)(=O)c1ccccc1Br. The van der Waals surface area contributed by atoms with Crippen LogP contribution in [0.4, 0.5) is 0 Å². The van der Waals surface area contributed by atoms with Gasteiger partial charge in [-0.15, -0.1) is 11.8 Å². The number of nitrogens with zero attached hydrogens (tertiary/aromatic N) is 1. The molecule has 1 aliphatic heterocycles. The number of rotatable bonds is 3. The molecule has 0 amide bonds. The fourth-order valence-corrected chi connectivity index (χ4v) is 5.74. The van der Waals surface area contributed by atoms with Crippen LogP contribution in [0.5, 0.6) is 0 Å². The van der Waals surface area contributed by atoms with Gasteiger partial charge in [0.25, 0.3) is 0 Å². The van der Waals surface area contributed by atoms with Crippen molar-refractivity contribution in [3.05, 3.63) is 28.7 Å². The van der Waals surface area contributed by atoms with Gasteiger partial charge in [0.15, 0.2) is 0 Å². The van der Waals surface area contributed by atoms with Crippen molar-refractivity contribution < 1.29 is 18.3 Å². The normalized spacial score (nSPS) is 21.1. The van der Waals surface area contributed by atoms with Crippen LogP contribution in [0.25, 0.3) is 0 Å². The van der Waals surface area contributed by atoms with Gasteiger partial charge in [-0.1, -0.05) is 12.1 Å². The van der Waals surface area contributed by atoms with Crippen LogP contribution in [0.1, 0.15) is 0 Å². The molecule has 5 nitrogen and oxygen atoms in total. The van der Waals surface area contributed by atoms with E-state index in [0.29, 0.717) is 4.47 Å². The van der Waals surface area contributed by atoms with E-state index in [-0.39, 0.29) is 16.5 Å². The molecule has 1 heterocycles. The number of carbonyl (C=O) groups is 1. The third kappa shape index (κ3) is 2.42. The summed E-state index contributed by atoms with van der Waals surface area (Å²) in [7, 11) is -3.78. The van der Waals surface area contributed by atoms with Gasteiger partial charge < -0.3 is 5.11 Å². The number of carboxylic acids is 1. The first-order chi connectivity index (χ1) is 8.44. The van der Waals surface area contributed by atoms with E-state index < -0.39 is 22.0 Å². The molecule has 98 valence electrons. The van der Waals surface area contributed by atoms with Gasteiger partial charge >= 0.3 is 5.97 Å². The zero-order chi connectivity index (χ0) is 13.3. The maximum atomic E-state index is 12.4. The molecule has 2 rings (SSSR count). The Morgan fingerprint density at radius 2 is 2.11 bits per heavy atom. The summed E-state index contributed by atoms with van der Waals surface area (Å²) in [6.45, 7) is 0. The summed E-state index contributed by atoms with van der Waals surface area (Å²) >= 11 is 4.47. The lowest BCUT2D eigenvalue weighted by atomic mass is 10.4. The van der Waals surface area contributed by atoms with Crippen LogP contribution in [-0.2, 0) is 14.8 Å². The first-order valence-corrected chi connectivity index (χ1v) is 8.40. The molecule has 0 aliphatic carbocycles. The van der Waals surface area contributed by atoms with Crippen LogP contribution in [-0.4, -0.2) is 41.5 Å². The Labute approximate surface area is 117 Å². The minimum Gasteiger partial charge on any atom is -0.480 e. The van der Waals surface area contributed by atoms with Crippen molar-refractivity contribution in [3.63, 3.8) is 0 Å². The molecule has 0 bridgehead atoms. The van der Waals surface area contributed by atoms with Crippen molar-refractivity contribution in [2.24, 2.45) is 0 Å². The Morgan fingerprint density at radius 3 is 2.72 bits per heavy atom. The van der Waals surface area contributed by atoms with Crippen LogP contribution < -0.4 is 0 Å². The van der Waals surface area contributed by atoms with Crippen molar-refractivity contribution in [1.29, 1.82) is 0 Å². The predicted octanol–water partition coefficient (Wildman–Crippen LogP) is 1.60. The lowest BCUT2D eigenvalue weighted by molar-refractivity contribution is -0.140. The van der Waals surface area contributed by atoms with Crippen molar-refractivity contribution in [1.82, 2.24) is 4.31 Å². The highest BCUT2D eigenvalue weighted by molar-refractivity contribution is 9.10. The number of hydrogen-bond donors (Lipinski definition) is 1. The molecule has 1 saturated heterocycles. The van der Waals surface area contributed by atoms with Gasteiger partial charge in [0.2, 0.25) is 10.0 Å². The first kappa shape index (κ1) is 13.9. The second-order valence-corrected chi connectivity index (χ2v) is 7.39. The van der Waals surface area contributed by atoms with Crippen LogP contribution in [0.2, 0.25) is 0 Å². The molecule has 1 aromatic carbocycles. The standard InChI is InChI=1S/C10H10BrNO4S2/c11-7-3-1-2-4-9(7)18(15,16)12-6-17-5-8(12)10(13)14/h1-4,8H,5-6H2,(H,13,14). The van der Waals surface area contributed by atoms with Crippen molar-refractivity contribution in [3.8, 4) is 0 Å². The molecule has 1 aliphatic rings. The van der Waals surface area contributed by atoms with Gasteiger partial charge in [0, 0.05) is 10.2 Å². The molecule has 0 radical (unpaired) electrons. The Hall–Kier alpha value is -0.570. The molecule has 1 N–H and O–H groups in total. The third-order valence-corrected chi connectivity index (χ3v) is 6.59. The fraction of sp³-hybridized carbons (Fsp3) is 0.300. The molecule has 18 heavy (non-hydrogen) atoms. The van der Waals surface area contributed by atoms with Gasteiger partial charge in [-0.05, 0) is 28.1 Å². The van der Waals surface area contributed by atoms with Crippen LogP contribution >= 0.6 is 27.7 Å². The monoisotopic (exact) mass is 351 g/mol. The average molecular weight is 352 g/mol. The van der Waals surface area contributed by atoms with E-state index in [9.17, 15) is 13.2 Å². The Morgan fingerprint density at radius 1 is 1.44 bits per heavy atom. The first-order valence-electron chi connectivity index (χ1n) is 5.01. The van der Waals surface area contributed by atoms with Gasteiger partial charge in [0.1, 0.15) is 6.04 Å². The topological polar surface area (TPSA) is 74.7 Å². The van der Waals surface area contributed by atoms with E-state index in [1.165, 1.54) is 17.8 Å². The van der Waals surface area contributed by atoms with Gasteiger partial charge in [-0.2, -0.15) is 4.31 Å². The Balaban J connectivity index is 2.43. The van der Waals surface area contributed by atoms with E-state index in [1.54, 1.807) is 18.2 Å². The number of halogens is 1. The Bertz CT molecular complexity index is 575. The summed E-state index contributed by atoms with van der Waals surface area (Å²) in [5.74, 6) is -0.671. The van der Waals surface area contributed by atoms with Crippen molar-refractivity contribution in [2.75, 3.05) is 11.6 Å². The second-order valence-electron chi connectivity index (χ2n) is 3.68. The van der Waals surface area contributed by atoms with E-state index in [0.717, 1.165) is 4.31 Å². The molecule has 0 aromatic heterocycles. The smallest absolute Gasteiger partial charge is 0.322 e. The van der Waals surface area contributed by atoms with Crippen LogP contribution in [0.3, 0.4) is 0 Å². The number of thioether (sulfide) groups is 1. The molecule has 1 atom stereocenters. The molecular formula is C10H10BrNO4S2. The number of benzene rings is 1. The number of carboxylic acid groups (broad SMARTS) is 1. The molecule has 1 aromatic rings. The summed E-state index contributed by atoms with van der Waals surface area (Å²) in [5, 5.41) is 9.03. The lowest BCUT2D eigenvalue weighted by Crippen LogP contribution is -2.41. The molecular weight excluding hydrogens is 342 g/mol. The quantitative estimate of drug-likeness (QED) is 0.894. The van der Waals surface area contributed by atoms with Gasteiger partial charge in [0.05, 0.1) is 10.8 Å². The Kier molecular flexibility index (Phi) is 4.00. The molecule has 8 heteroatoms. The van der Waals surface area contributed by atoms with E-state index >= 15 is 0 Å². The fourth-order valence-electron chi connectivity index (χ4n) is 1.64. The van der Waals surface area contributed by atoms with E-state index in [2.05, 4.69) is 15.9 Å². The van der Waals surface area contributed by atoms with Crippen LogP contribution in [0.15, 0.2) is 33.6 Å². The zero-order valence-corrected chi connectivity index (χ0v) is 12.3. The van der Waals surface area contributed by atoms with Crippen LogP contribution in [0, 0.1) is 0 Å². The second kappa shape index (κ2) is 5.20. The molecule has 0 saturated carbocycles. The van der Waals surface area contributed by atoms with Gasteiger partial charge in [-0.25, -0.2) is 8.42 Å². The largest absolute Gasteiger partial charge is 0.480 e. The molecule has 0 spiro atoms. The third-order valence-electron chi connectivity index (χ3n) is 2.55. The lowest BCUT2D eigenvalue weighted by Gasteiger charge is -2.20. The number of sulfonamides is 1. The maximum Gasteiger partial charge on any atom is 0.322 e. The molecule has 1 fully saturated rings.